The standard InChI is InChI=1S/C30H31F4N4OP/c1-20-24(9-6-10-26(20)30(32,33)34)28(18-31)37-29-25-17-23(11-12-27(25)35-21(2)36-29)40(39)15-13-38(14-16-40)19-22-7-4-3-5-8-22/h3-12,17,28H,13-16,18-19H2,1-2H3,(H,35,36,37)/t28-/m1/s1. The van der Waals surface area contributed by atoms with E-state index >= 15 is 0 Å². The smallest absolute Gasteiger partial charge is 0.360 e. The van der Waals surface area contributed by atoms with E-state index in [1.54, 1.807) is 19.1 Å². The topological polar surface area (TPSA) is 58.1 Å². The fourth-order valence-corrected chi connectivity index (χ4v) is 8.05. The highest BCUT2D eigenvalue weighted by Crippen LogP contribution is 2.47. The van der Waals surface area contributed by atoms with Gasteiger partial charge in [0.25, 0.3) is 0 Å². The van der Waals surface area contributed by atoms with E-state index in [1.165, 1.54) is 24.6 Å². The number of benzene rings is 3. The Hall–Kier alpha value is -3.29. The summed E-state index contributed by atoms with van der Waals surface area (Å²) < 4.78 is 68.9. The van der Waals surface area contributed by atoms with Gasteiger partial charge in [-0.1, -0.05) is 42.5 Å². The van der Waals surface area contributed by atoms with Gasteiger partial charge in [-0.15, -0.1) is 0 Å². The third kappa shape index (κ3) is 5.91. The summed E-state index contributed by atoms with van der Waals surface area (Å²) in [6.07, 6.45) is -3.47. The molecule has 1 atom stereocenters. The predicted octanol–water partition coefficient (Wildman–Crippen LogP) is 6.89. The Morgan fingerprint density at radius 1 is 0.975 bits per heavy atom. The number of hydrogen-bond acceptors (Lipinski definition) is 5. The van der Waals surface area contributed by atoms with Gasteiger partial charge in [-0.05, 0) is 54.8 Å². The molecule has 3 aromatic carbocycles. The summed E-state index contributed by atoms with van der Waals surface area (Å²) >= 11 is 0. The summed E-state index contributed by atoms with van der Waals surface area (Å²) in [5, 5.41) is 4.31. The van der Waals surface area contributed by atoms with Crippen molar-refractivity contribution in [2.75, 3.05) is 37.4 Å². The Bertz CT molecular complexity index is 1550. The van der Waals surface area contributed by atoms with Gasteiger partial charge in [0.1, 0.15) is 25.5 Å². The summed E-state index contributed by atoms with van der Waals surface area (Å²) in [5.41, 5.74) is 1.18. The first-order chi connectivity index (χ1) is 19.1. The Morgan fingerprint density at radius 3 is 2.38 bits per heavy atom. The fraction of sp³-hybridized carbons (Fsp3) is 0.333. The van der Waals surface area contributed by atoms with Gasteiger partial charge in [0.15, 0.2) is 0 Å². The van der Waals surface area contributed by atoms with Crippen LogP contribution in [-0.2, 0) is 17.3 Å². The summed E-state index contributed by atoms with van der Waals surface area (Å²) in [7, 11) is -2.70. The van der Waals surface area contributed by atoms with Crippen LogP contribution in [0, 0.1) is 13.8 Å². The first kappa shape index (κ1) is 28.2. The second-order valence-corrected chi connectivity index (χ2v) is 13.5. The largest absolute Gasteiger partial charge is 0.416 e. The molecule has 0 spiro atoms. The average Bonchev–Trinajstić information content (AvgIpc) is 2.93. The minimum atomic E-state index is -4.54. The molecule has 10 heteroatoms. The number of nitrogens with one attached hydrogen (secondary N) is 1. The van der Waals surface area contributed by atoms with Gasteiger partial charge in [0, 0.05) is 42.6 Å². The Morgan fingerprint density at radius 2 is 1.70 bits per heavy atom. The zero-order valence-electron chi connectivity index (χ0n) is 22.4. The maximum atomic E-state index is 14.3. The Labute approximate surface area is 231 Å². The van der Waals surface area contributed by atoms with Crippen LogP contribution in [0.15, 0.2) is 66.7 Å². The molecule has 1 aromatic heterocycles. The van der Waals surface area contributed by atoms with Crippen molar-refractivity contribution in [3.8, 4) is 0 Å². The first-order valence-corrected chi connectivity index (χ1v) is 15.3. The predicted molar refractivity (Wildman–Crippen MR) is 151 cm³/mol. The van der Waals surface area contributed by atoms with Crippen molar-refractivity contribution in [1.29, 1.82) is 0 Å². The number of rotatable bonds is 7. The monoisotopic (exact) mass is 570 g/mol. The van der Waals surface area contributed by atoms with E-state index in [0.29, 0.717) is 53.3 Å². The molecule has 5 rings (SSSR count). The highest BCUT2D eigenvalue weighted by molar-refractivity contribution is 7.71. The van der Waals surface area contributed by atoms with Crippen molar-refractivity contribution < 1.29 is 22.1 Å². The number of hydrogen-bond donors (Lipinski definition) is 1. The Balaban J connectivity index is 1.43. The fourth-order valence-electron chi connectivity index (χ4n) is 5.39. The second-order valence-electron chi connectivity index (χ2n) is 10.3. The van der Waals surface area contributed by atoms with Gasteiger partial charge in [-0.3, -0.25) is 4.90 Å². The molecule has 1 saturated heterocycles. The van der Waals surface area contributed by atoms with Crippen molar-refractivity contribution in [1.82, 2.24) is 14.9 Å². The molecule has 0 unspecified atom stereocenters. The normalized spacial score (nSPS) is 16.6. The van der Waals surface area contributed by atoms with Crippen molar-refractivity contribution >= 4 is 29.2 Å². The molecular weight excluding hydrogens is 539 g/mol. The van der Waals surface area contributed by atoms with Crippen LogP contribution in [0.4, 0.5) is 23.4 Å². The van der Waals surface area contributed by atoms with Crippen LogP contribution in [0.5, 0.6) is 0 Å². The van der Waals surface area contributed by atoms with E-state index in [0.717, 1.165) is 12.6 Å². The molecule has 5 nitrogen and oxygen atoms in total. The minimum Gasteiger partial charge on any atom is -0.360 e. The first-order valence-electron chi connectivity index (χ1n) is 13.2. The molecule has 1 aliphatic heterocycles. The molecule has 2 heterocycles. The van der Waals surface area contributed by atoms with Crippen LogP contribution in [0.1, 0.15) is 34.1 Å². The Kier molecular flexibility index (Phi) is 7.98. The average molecular weight is 571 g/mol. The highest BCUT2D eigenvalue weighted by Gasteiger charge is 2.34. The summed E-state index contributed by atoms with van der Waals surface area (Å²) in [5.74, 6) is 0.736. The number of fused-ring (bicyclic) bond motifs is 1. The van der Waals surface area contributed by atoms with E-state index in [4.69, 9.17) is 0 Å². The van der Waals surface area contributed by atoms with Gasteiger partial charge < -0.3 is 9.88 Å². The molecule has 1 fully saturated rings. The summed E-state index contributed by atoms with van der Waals surface area (Å²) in [6, 6.07) is 18.3. The van der Waals surface area contributed by atoms with Crippen molar-refractivity contribution in [3.05, 3.63) is 94.8 Å². The number of aromatic nitrogens is 2. The number of aryl methyl sites for hydroxylation is 1. The van der Waals surface area contributed by atoms with Crippen LogP contribution in [0.2, 0.25) is 0 Å². The third-order valence-corrected chi connectivity index (χ3v) is 10.7. The number of halogens is 4. The number of alkyl halides is 4. The quantitative estimate of drug-likeness (QED) is 0.194. The lowest BCUT2D eigenvalue weighted by Crippen LogP contribution is -2.36. The zero-order chi connectivity index (χ0) is 28.5. The number of anilines is 1. The van der Waals surface area contributed by atoms with Gasteiger partial charge in [0.2, 0.25) is 0 Å². The molecule has 0 bridgehead atoms. The highest BCUT2D eigenvalue weighted by atomic mass is 31.2. The lowest BCUT2D eigenvalue weighted by atomic mass is 9.97. The van der Waals surface area contributed by atoms with E-state index < -0.39 is 31.6 Å². The van der Waals surface area contributed by atoms with Crippen molar-refractivity contribution in [2.45, 2.75) is 32.6 Å². The van der Waals surface area contributed by atoms with Crippen molar-refractivity contribution in [2.24, 2.45) is 0 Å². The maximum absolute atomic E-state index is 14.3. The molecule has 4 aromatic rings. The summed E-state index contributed by atoms with van der Waals surface area (Å²) in [4.78, 5) is 11.3. The van der Waals surface area contributed by atoms with Crippen LogP contribution in [0.3, 0.4) is 0 Å². The lowest BCUT2D eigenvalue weighted by molar-refractivity contribution is -0.138. The van der Waals surface area contributed by atoms with Gasteiger partial charge in [0.05, 0.1) is 17.1 Å². The molecule has 1 N–H and O–H groups in total. The van der Waals surface area contributed by atoms with E-state index in [1.807, 2.05) is 24.3 Å². The van der Waals surface area contributed by atoms with Crippen LogP contribution >= 0.6 is 7.14 Å². The molecule has 0 aliphatic carbocycles. The molecular formula is C30H31F4N4OP. The van der Waals surface area contributed by atoms with Gasteiger partial charge in [-0.25, -0.2) is 14.4 Å². The molecule has 210 valence electrons. The lowest BCUT2D eigenvalue weighted by Gasteiger charge is -2.32. The van der Waals surface area contributed by atoms with E-state index in [2.05, 4.69) is 32.3 Å². The third-order valence-electron chi connectivity index (χ3n) is 7.59. The molecule has 0 amide bonds. The zero-order valence-corrected chi connectivity index (χ0v) is 23.3. The molecule has 1 aliphatic rings. The van der Waals surface area contributed by atoms with Crippen LogP contribution in [-0.4, -0.2) is 47.0 Å². The maximum Gasteiger partial charge on any atom is 0.416 e. The van der Waals surface area contributed by atoms with Crippen LogP contribution < -0.4 is 10.6 Å². The summed E-state index contributed by atoms with van der Waals surface area (Å²) in [6.45, 7) is 4.32. The SMILES string of the molecule is Cc1nc(N[C@H](CF)c2cccc(C(F)(F)F)c2C)c2cc(P3(=O)CCN(Cc4ccccc4)CC3)ccc2n1. The molecule has 40 heavy (non-hydrogen) atoms. The number of nitrogens with zero attached hydrogens (tertiary/aromatic N) is 3. The van der Waals surface area contributed by atoms with Crippen LogP contribution in [0.25, 0.3) is 10.9 Å². The van der Waals surface area contributed by atoms with Gasteiger partial charge >= 0.3 is 6.18 Å². The van der Waals surface area contributed by atoms with E-state index in [-0.39, 0.29) is 11.1 Å². The molecule has 0 saturated carbocycles. The minimum absolute atomic E-state index is 0.0346. The van der Waals surface area contributed by atoms with Gasteiger partial charge in [-0.2, -0.15) is 13.2 Å². The van der Waals surface area contributed by atoms with E-state index in [9.17, 15) is 22.1 Å². The van der Waals surface area contributed by atoms with Crippen molar-refractivity contribution in [3.63, 3.8) is 0 Å². The second kappa shape index (κ2) is 11.3. The molecule has 0 radical (unpaired) electrons.